The lowest BCUT2D eigenvalue weighted by Crippen LogP contribution is -2.41. The molecule has 0 aliphatic carbocycles. The summed E-state index contributed by atoms with van der Waals surface area (Å²) in [6, 6.07) is 11.2. The first kappa shape index (κ1) is 22.5. The molecule has 0 saturated carbocycles. The van der Waals surface area contributed by atoms with Crippen molar-refractivity contribution in [3.05, 3.63) is 53.6 Å². The largest absolute Gasteiger partial charge is 0.493 e. The number of likely N-dealkylation sites (N-methyl/N-ethyl adjacent to an activating group) is 1. The molecule has 0 heterocycles. The maximum Gasteiger partial charge on any atom is 0.243 e. The van der Waals surface area contributed by atoms with Crippen molar-refractivity contribution in [1.29, 1.82) is 0 Å². The van der Waals surface area contributed by atoms with Crippen LogP contribution in [0, 0.1) is 0 Å². The highest BCUT2D eigenvalue weighted by Gasteiger charge is 2.30. The van der Waals surface area contributed by atoms with Crippen LogP contribution >= 0.6 is 0 Å². The number of ether oxygens (including phenoxy) is 3. The van der Waals surface area contributed by atoms with Crippen LogP contribution in [-0.4, -0.2) is 53.3 Å². The summed E-state index contributed by atoms with van der Waals surface area (Å²) < 4.78 is 41.1. The summed E-state index contributed by atoms with van der Waals surface area (Å²) in [5, 5.41) is 2.79. The highest BCUT2D eigenvalue weighted by molar-refractivity contribution is 7.88. The van der Waals surface area contributed by atoms with E-state index >= 15 is 0 Å². The molecule has 2 rings (SSSR count). The lowest BCUT2D eigenvalue weighted by molar-refractivity contribution is -0.125. The van der Waals surface area contributed by atoms with Crippen molar-refractivity contribution >= 4 is 15.9 Å². The van der Waals surface area contributed by atoms with Crippen LogP contribution in [-0.2, 0) is 21.4 Å². The second kappa shape index (κ2) is 9.62. The Bertz CT molecular complexity index is 922. The van der Waals surface area contributed by atoms with Crippen LogP contribution in [0.5, 0.6) is 17.2 Å². The third kappa shape index (κ3) is 5.39. The van der Waals surface area contributed by atoms with Gasteiger partial charge in [-0.25, -0.2) is 8.42 Å². The van der Waals surface area contributed by atoms with Gasteiger partial charge in [0.1, 0.15) is 6.04 Å². The van der Waals surface area contributed by atoms with Crippen LogP contribution in [0.25, 0.3) is 0 Å². The van der Waals surface area contributed by atoms with E-state index in [-0.39, 0.29) is 6.54 Å². The molecule has 0 saturated heterocycles. The Morgan fingerprint density at radius 1 is 1.03 bits per heavy atom. The van der Waals surface area contributed by atoms with Crippen LogP contribution in [0.3, 0.4) is 0 Å². The fraction of sp³-hybridized carbons (Fsp3) is 0.350. The zero-order valence-electron chi connectivity index (χ0n) is 17.1. The van der Waals surface area contributed by atoms with Gasteiger partial charge in [0.2, 0.25) is 21.7 Å². The Morgan fingerprint density at radius 2 is 1.59 bits per heavy atom. The average molecular weight is 423 g/mol. The summed E-state index contributed by atoms with van der Waals surface area (Å²) in [6.45, 7) is 0.149. The minimum Gasteiger partial charge on any atom is -0.493 e. The molecule has 29 heavy (non-hydrogen) atoms. The molecule has 2 aromatic rings. The van der Waals surface area contributed by atoms with Crippen LogP contribution in [0.1, 0.15) is 17.2 Å². The van der Waals surface area contributed by atoms with Crippen LogP contribution in [0.4, 0.5) is 0 Å². The number of carbonyl (C=O) groups excluding carboxylic acids is 1. The van der Waals surface area contributed by atoms with Gasteiger partial charge in [-0.2, -0.15) is 4.31 Å². The fourth-order valence-electron chi connectivity index (χ4n) is 2.88. The lowest BCUT2D eigenvalue weighted by Gasteiger charge is -2.25. The second-order valence-corrected chi connectivity index (χ2v) is 8.39. The third-order valence-electron chi connectivity index (χ3n) is 4.44. The number of methoxy groups -OCH3 is 3. The number of carbonyl (C=O) groups is 1. The molecule has 1 atom stereocenters. The van der Waals surface area contributed by atoms with Crippen molar-refractivity contribution in [3.63, 3.8) is 0 Å². The molecule has 0 fully saturated rings. The van der Waals surface area contributed by atoms with Gasteiger partial charge in [0.15, 0.2) is 11.5 Å². The van der Waals surface area contributed by atoms with Gasteiger partial charge in [-0.05, 0) is 23.3 Å². The molecule has 158 valence electrons. The fourth-order valence-corrected chi connectivity index (χ4v) is 3.48. The molecule has 2 aromatic carbocycles. The van der Waals surface area contributed by atoms with Gasteiger partial charge in [0.25, 0.3) is 0 Å². The standard InChI is InChI=1S/C20H26N2O6S/c1-22(29(5,24)25)18(15-9-7-6-8-10-15)20(23)21-13-14-11-16(26-2)19(28-4)17(12-14)27-3/h6-12,18H,13H2,1-5H3,(H,21,23)/t18-/m1/s1. The number of rotatable bonds is 9. The SMILES string of the molecule is COc1cc(CNC(=O)[C@@H](c2ccccc2)N(C)S(C)(=O)=O)cc(OC)c1OC. The molecule has 0 radical (unpaired) electrons. The van der Waals surface area contributed by atoms with E-state index in [4.69, 9.17) is 14.2 Å². The first-order valence-corrected chi connectivity index (χ1v) is 10.6. The van der Waals surface area contributed by atoms with Gasteiger partial charge in [-0.1, -0.05) is 30.3 Å². The van der Waals surface area contributed by atoms with Crippen molar-refractivity contribution in [2.24, 2.45) is 0 Å². The molecule has 0 bridgehead atoms. The summed E-state index contributed by atoms with van der Waals surface area (Å²) in [6.07, 6.45) is 1.06. The first-order valence-electron chi connectivity index (χ1n) is 8.77. The van der Waals surface area contributed by atoms with E-state index in [9.17, 15) is 13.2 Å². The normalized spacial score (nSPS) is 12.3. The summed E-state index contributed by atoms with van der Waals surface area (Å²) in [5.41, 5.74) is 1.28. The smallest absolute Gasteiger partial charge is 0.243 e. The molecule has 1 amide bonds. The molecule has 1 N–H and O–H groups in total. The quantitative estimate of drug-likeness (QED) is 0.664. The first-order chi connectivity index (χ1) is 13.7. The Hall–Kier alpha value is -2.78. The van der Waals surface area contributed by atoms with E-state index in [0.29, 0.717) is 28.4 Å². The third-order valence-corrected chi connectivity index (χ3v) is 5.70. The maximum absolute atomic E-state index is 12.9. The number of benzene rings is 2. The summed E-state index contributed by atoms with van der Waals surface area (Å²) in [5.74, 6) is 0.926. The van der Waals surface area contributed by atoms with Gasteiger partial charge in [-0.15, -0.1) is 0 Å². The van der Waals surface area contributed by atoms with Crippen molar-refractivity contribution in [3.8, 4) is 17.2 Å². The molecule has 8 nitrogen and oxygen atoms in total. The highest BCUT2D eigenvalue weighted by atomic mass is 32.2. The van der Waals surface area contributed by atoms with E-state index < -0.39 is 22.0 Å². The topological polar surface area (TPSA) is 94.2 Å². The van der Waals surface area contributed by atoms with Crippen molar-refractivity contribution in [2.75, 3.05) is 34.6 Å². The number of nitrogens with zero attached hydrogens (tertiary/aromatic N) is 1. The van der Waals surface area contributed by atoms with E-state index in [1.807, 2.05) is 0 Å². The predicted octanol–water partition coefficient (Wildman–Crippen LogP) is 1.96. The van der Waals surface area contributed by atoms with E-state index in [1.54, 1.807) is 42.5 Å². The lowest BCUT2D eigenvalue weighted by atomic mass is 10.1. The monoisotopic (exact) mass is 422 g/mol. The molecule has 0 spiro atoms. The van der Waals surface area contributed by atoms with Gasteiger partial charge in [-0.3, -0.25) is 4.79 Å². The average Bonchev–Trinajstić information content (AvgIpc) is 2.71. The summed E-state index contributed by atoms with van der Waals surface area (Å²) >= 11 is 0. The molecular formula is C20H26N2O6S. The Balaban J connectivity index is 2.29. The zero-order chi connectivity index (χ0) is 21.6. The number of hydrogen-bond acceptors (Lipinski definition) is 6. The second-order valence-electron chi connectivity index (χ2n) is 6.34. The van der Waals surface area contributed by atoms with Crippen molar-refractivity contribution in [1.82, 2.24) is 9.62 Å². The van der Waals surface area contributed by atoms with Gasteiger partial charge in [0, 0.05) is 13.6 Å². The molecule has 0 aliphatic rings. The Kier molecular flexibility index (Phi) is 7.46. The molecule has 0 unspecified atom stereocenters. The Morgan fingerprint density at radius 3 is 2.03 bits per heavy atom. The molecule has 0 aromatic heterocycles. The van der Waals surface area contributed by atoms with E-state index in [0.717, 1.165) is 10.6 Å². The minimum atomic E-state index is -3.59. The van der Waals surface area contributed by atoms with Crippen molar-refractivity contribution in [2.45, 2.75) is 12.6 Å². The molecule has 0 aliphatic heterocycles. The minimum absolute atomic E-state index is 0.149. The number of sulfonamides is 1. The zero-order valence-corrected chi connectivity index (χ0v) is 17.9. The van der Waals surface area contributed by atoms with Gasteiger partial charge >= 0.3 is 0 Å². The van der Waals surface area contributed by atoms with Crippen LogP contribution < -0.4 is 19.5 Å². The van der Waals surface area contributed by atoms with Crippen molar-refractivity contribution < 1.29 is 27.4 Å². The van der Waals surface area contributed by atoms with Gasteiger partial charge < -0.3 is 19.5 Å². The highest BCUT2D eigenvalue weighted by Crippen LogP contribution is 2.38. The number of nitrogens with one attached hydrogen (secondary N) is 1. The molecule has 9 heteroatoms. The number of hydrogen-bond donors (Lipinski definition) is 1. The van der Waals surface area contributed by atoms with Gasteiger partial charge in [0.05, 0.1) is 27.6 Å². The summed E-state index contributed by atoms with van der Waals surface area (Å²) in [7, 11) is 2.31. The Labute approximate surface area is 171 Å². The number of amides is 1. The predicted molar refractivity (Wildman–Crippen MR) is 110 cm³/mol. The summed E-state index contributed by atoms with van der Waals surface area (Å²) in [4.78, 5) is 12.9. The van der Waals surface area contributed by atoms with E-state index in [1.165, 1.54) is 28.4 Å². The molecular weight excluding hydrogens is 396 g/mol. The van der Waals surface area contributed by atoms with Crippen LogP contribution in [0.2, 0.25) is 0 Å². The maximum atomic E-state index is 12.9. The van der Waals surface area contributed by atoms with E-state index in [2.05, 4.69) is 5.32 Å². The van der Waals surface area contributed by atoms with Crippen LogP contribution in [0.15, 0.2) is 42.5 Å².